The Bertz CT molecular complexity index is 126. The summed E-state index contributed by atoms with van der Waals surface area (Å²) in [7, 11) is 0. The van der Waals surface area contributed by atoms with E-state index < -0.39 is 0 Å². The van der Waals surface area contributed by atoms with Crippen LogP contribution in [0.3, 0.4) is 0 Å². The maximum atomic E-state index is 9.68. The molecule has 12 heavy (non-hydrogen) atoms. The van der Waals surface area contributed by atoms with Gasteiger partial charge >= 0.3 is 0 Å². The van der Waals surface area contributed by atoms with Crippen molar-refractivity contribution in [3.8, 4) is 0 Å². The van der Waals surface area contributed by atoms with Crippen LogP contribution in [0, 0.1) is 0 Å². The van der Waals surface area contributed by atoms with E-state index in [-0.39, 0.29) is 12.1 Å². The lowest BCUT2D eigenvalue weighted by Crippen LogP contribution is -2.49. The maximum absolute atomic E-state index is 9.68. The predicted octanol–water partition coefficient (Wildman–Crippen LogP) is 0.478. The Balaban J connectivity index is 2.45. The van der Waals surface area contributed by atoms with Crippen molar-refractivity contribution in [2.24, 2.45) is 0 Å². The summed E-state index contributed by atoms with van der Waals surface area (Å²) in [5.41, 5.74) is 0. The van der Waals surface area contributed by atoms with Crippen molar-refractivity contribution in [1.82, 2.24) is 4.90 Å². The number of nitrogens with zero attached hydrogens (tertiary/aromatic N) is 1. The van der Waals surface area contributed by atoms with Gasteiger partial charge < -0.3 is 9.84 Å². The number of aliphatic hydroxyl groups is 1. The molecule has 1 heterocycles. The molecule has 3 heteroatoms. The second kappa shape index (κ2) is 4.80. The third-order valence-corrected chi connectivity index (χ3v) is 2.57. The Kier molecular flexibility index (Phi) is 3.98. The first-order valence-corrected chi connectivity index (χ1v) is 4.79. The van der Waals surface area contributed by atoms with Crippen LogP contribution in [-0.2, 0) is 4.74 Å². The van der Waals surface area contributed by atoms with Gasteiger partial charge in [0, 0.05) is 6.61 Å². The van der Waals surface area contributed by atoms with Gasteiger partial charge in [0.1, 0.15) is 0 Å². The Morgan fingerprint density at radius 2 is 2.08 bits per heavy atom. The first kappa shape index (κ1) is 9.96. The molecule has 0 aliphatic carbocycles. The Morgan fingerprint density at radius 3 is 2.58 bits per heavy atom. The molecule has 3 nitrogen and oxygen atoms in total. The molecule has 72 valence electrons. The van der Waals surface area contributed by atoms with Gasteiger partial charge in [0.15, 0.2) is 0 Å². The molecule has 2 atom stereocenters. The number of hydrogen-bond donors (Lipinski definition) is 1. The molecule has 1 rings (SSSR count). The lowest BCUT2D eigenvalue weighted by atomic mass is 10.1. The zero-order valence-electron chi connectivity index (χ0n) is 7.99. The summed E-state index contributed by atoms with van der Waals surface area (Å²) >= 11 is 0. The average molecular weight is 173 g/mol. The van der Waals surface area contributed by atoms with E-state index in [2.05, 4.69) is 18.7 Å². The van der Waals surface area contributed by atoms with Crippen LogP contribution in [0.1, 0.15) is 20.3 Å². The van der Waals surface area contributed by atoms with E-state index in [9.17, 15) is 5.11 Å². The highest BCUT2D eigenvalue weighted by Crippen LogP contribution is 2.13. The highest BCUT2D eigenvalue weighted by molar-refractivity contribution is 4.80. The topological polar surface area (TPSA) is 32.7 Å². The normalized spacial score (nSPS) is 31.0. The minimum Gasteiger partial charge on any atom is -0.391 e. The van der Waals surface area contributed by atoms with Gasteiger partial charge in [-0.3, -0.25) is 4.90 Å². The zero-order valence-corrected chi connectivity index (χ0v) is 7.99. The minimum atomic E-state index is -0.196. The monoisotopic (exact) mass is 173 g/mol. The fourth-order valence-corrected chi connectivity index (χ4v) is 1.75. The molecule has 1 saturated heterocycles. The summed E-state index contributed by atoms with van der Waals surface area (Å²) in [6.45, 7) is 7.60. The summed E-state index contributed by atoms with van der Waals surface area (Å²) in [5, 5.41) is 9.68. The molecule has 0 aromatic rings. The van der Waals surface area contributed by atoms with Crippen molar-refractivity contribution in [3.05, 3.63) is 0 Å². The summed E-state index contributed by atoms with van der Waals surface area (Å²) in [6.07, 6.45) is 0.583. The molecule has 0 saturated carbocycles. The van der Waals surface area contributed by atoms with E-state index >= 15 is 0 Å². The molecule has 0 aromatic carbocycles. The molecular formula is C9H19NO2. The van der Waals surface area contributed by atoms with Gasteiger partial charge in [0.25, 0.3) is 0 Å². The van der Waals surface area contributed by atoms with Crippen LogP contribution < -0.4 is 0 Å². The van der Waals surface area contributed by atoms with Gasteiger partial charge in [-0.05, 0) is 19.5 Å². The molecule has 1 aliphatic rings. The van der Waals surface area contributed by atoms with Crippen molar-refractivity contribution in [3.63, 3.8) is 0 Å². The van der Waals surface area contributed by atoms with Crippen molar-refractivity contribution < 1.29 is 9.84 Å². The van der Waals surface area contributed by atoms with Gasteiger partial charge in [-0.1, -0.05) is 13.8 Å². The Morgan fingerprint density at radius 1 is 1.42 bits per heavy atom. The first-order valence-electron chi connectivity index (χ1n) is 4.79. The van der Waals surface area contributed by atoms with Gasteiger partial charge in [-0.2, -0.15) is 0 Å². The highest BCUT2D eigenvalue weighted by atomic mass is 16.5. The van der Waals surface area contributed by atoms with E-state index in [4.69, 9.17) is 4.74 Å². The van der Waals surface area contributed by atoms with Crippen molar-refractivity contribution >= 4 is 0 Å². The van der Waals surface area contributed by atoms with E-state index in [1.807, 2.05) is 0 Å². The van der Waals surface area contributed by atoms with Crippen LogP contribution in [0.25, 0.3) is 0 Å². The summed E-state index contributed by atoms with van der Waals surface area (Å²) < 4.78 is 5.34. The maximum Gasteiger partial charge on any atom is 0.0739 e. The first-order chi connectivity index (χ1) is 5.79. The fourth-order valence-electron chi connectivity index (χ4n) is 1.75. The molecule has 0 spiro atoms. The van der Waals surface area contributed by atoms with Gasteiger partial charge in [-0.15, -0.1) is 0 Å². The molecule has 2 unspecified atom stereocenters. The lowest BCUT2D eigenvalue weighted by molar-refractivity contribution is -0.0586. The number of ether oxygens (including phenoxy) is 1. The third-order valence-electron chi connectivity index (χ3n) is 2.57. The lowest BCUT2D eigenvalue weighted by Gasteiger charge is -2.36. The third kappa shape index (κ3) is 2.19. The van der Waals surface area contributed by atoms with Gasteiger partial charge in [0.2, 0.25) is 0 Å². The van der Waals surface area contributed by atoms with Gasteiger partial charge in [0.05, 0.1) is 18.8 Å². The molecule has 0 amide bonds. The Labute approximate surface area is 74.3 Å². The fraction of sp³-hybridized carbons (Fsp3) is 1.00. The van der Waals surface area contributed by atoms with Crippen molar-refractivity contribution in [2.75, 3.05) is 26.3 Å². The molecule has 0 radical (unpaired) electrons. The summed E-state index contributed by atoms with van der Waals surface area (Å²) in [6, 6.07) is 0.216. The molecule has 0 bridgehead atoms. The second-order valence-electron chi connectivity index (χ2n) is 3.22. The highest BCUT2D eigenvalue weighted by Gasteiger charge is 2.27. The molecule has 1 aliphatic heterocycles. The summed E-state index contributed by atoms with van der Waals surface area (Å²) in [4.78, 5) is 2.25. The van der Waals surface area contributed by atoms with E-state index in [0.717, 1.165) is 19.5 Å². The quantitative estimate of drug-likeness (QED) is 0.673. The van der Waals surface area contributed by atoms with Gasteiger partial charge in [-0.25, -0.2) is 0 Å². The van der Waals surface area contributed by atoms with E-state index in [1.54, 1.807) is 0 Å². The number of aliphatic hydroxyl groups excluding tert-OH is 1. The Hall–Kier alpha value is -0.120. The van der Waals surface area contributed by atoms with E-state index in [1.165, 1.54) is 0 Å². The van der Waals surface area contributed by atoms with Crippen molar-refractivity contribution in [1.29, 1.82) is 0 Å². The van der Waals surface area contributed by atoms with E-state index in [0.29, 0.717) is 13.2 Å². The molecule has 1 N–H and O–H groups in total. The van der Waals surface area contributed by atoms with Crippen LogP contribution in [0.5, 0.6) is 0 Å². The minimum absolute atomic E-state index is 0.196. The average Bonchev–Trinajstić information content (AvgIpc) is 2.10. The molecule has 1 fully saturated rings. The largest absolute Gasteiger partial charge is 0.391 e. The van der Waals surface area contributed by atoms with Crippen molar-refractivity contribution in [2.45, 2.75) is 32.4 Å². The molecular weight excluding hydrogens is 154 g/mol. The second-order valence-corrected chi connectivity index (χ2v) is 3.22. The van der Waals surface area contributed by atoms with Crippen LogP contribution >= 0.6 is 0 Å². The number of hydrogen-bond acceptors (Lipinski definition) is 3. The van der Waals surface area contributed by atoms with Crippen LogP contribution in [0.4, 0.5) is 0 Å². The standard InChI is InChI=1S/C9H19NO2/c1-3-10(4-2)8-7-12-6-5-9(8)11/h8-9,11H,3-7H2,1-2H3. The van der Waals surface area contributed by atoms with Crippen LogP contribution in [-0.4, -0.2) is 48.5 Å². The predicted molar refractivity (Wildman–Crippen MR) is 48.2 cm³/mol. The number of likely N-dealkylation sites (N-methyl/N-ethyl adjacent to an activating group) is 1. The van der Waals surface area contributed by atoms with Crippen LogP contribution in [0.15, 0.2) is 0 Å². The number of rotatable bonds is 3. The summed E-state index contributed by atoms with van der Waals surface area (Å²) in [5.74, 6) is 0. The zero-order chi connectivity index (χ0) is 8.97. The molecule has 0 aromatic heterocycles. The SMILES string of the molecule is CCN(CC)C1COCCC1O. The van der Waals surface area contributed by atoms with Crippen LogP contribution in [0.2, 0.25) is 0 Å². The smallest absolute Gasteiger partial charge is 0.0739 e.